The number of nitrogens with one attached hydrogen (secondary N) is 1. The molecular weight excluding hydrogens is 518 g/mol. The summed E-state index contributed by atoms with van der Waals surface area (Å²) >= 11 is 0. The number of nitrogens with zero attached hydrogens (tertiary/aromatic N) is 1. The molecule has 40 heavy (non-hydrogen) atoms. The van der Waals surface area contributed by atoms with Crippen LogP contribution in [0.4, 0.5) is 8.78 Å². The van der Waals surface area contributed by atoms with E-state index in [1.807, 2.05) is 30.3 Å². The first-order chi connectivity index (χ1) is 19.3. The van der Waals surface area contributed by atoms with Gasteiger partial charge in [0.05, 0.1) is 30.2 Å². The van der Waals surface area contributed by atoms with Gasteiger partial charge in [0.2, 0.25) is 0 Å². The normalized spacial score (nSPS) is 20.4. The molecule has 3 fully saturated rings. The molecule has 2 heterocycles. The summed E-state index contributed by atoms with van der Waals surface area (Å²) in [6, 6.07) is 16.7. The van der Waals surface area contributed by atoms with Gasteiger partial charge in [-0.25, -0.2) is 0 Å². The SMILES string of the molecule is N#CC1(CC(=O)C2(NC(=O)c3cc4ccc(-c5ccc(C6(OC(F)F)COC6)cc5)cc4o3)CCCCC2)CC1. The number of halogens is 2. The van der Waals surface area contributed by atoms with Gasteiger partial charge in [0, 0.05) is 11.8 Å². The second kappa shape index (κ2) is 10.1. The van der Waals surface area contributed by atoms with E-state index in [1.165, 1.54) is 0 Å². The summed E-state index contributed by atoms with van der Waals surface area (Å²) in [5.41, 5.74) is 0.145. The number of nitriles is 1. The number of ether oxygens (including phenoxy) is 2. The summed E-state index contributed by atoms with van der Waals surface area (Å²) in [5, 5.41) is 13.2. The van der Waals surface area contributed by atoms with Crippen LogP contribution >= 0.6 is 0 Å². The van der Waals surface area contributed by atoms with E-state index in [4.69, 9.17) is 13.9 Å². The zero-order valence-electron chi connectivity index (χ0n) is 22.0. The number of benzene rings is 2. The second-order valence-electron chi connectivity index (χ2n) is 11.4. The third kappa shape index (κ3) is 4.91. The number of hydrogen-bond acceptors (Lipinski definition) is 6. The summed E-state index contributed by atoms with van der Waals surface area (Å²) < 4.78 is 41.8. The maximum Gasteiger partial charge on any atom is 0.346 e. The molecule has 1 amide bonds. The summed E-state index contributed by atoms with van der Waals surface area (Å²) in [6.07, 6.45) is 5.46. The molecule has 2 aromatic carbocycles. The average Bonchev–Trinajstić information content (AvgIpc) is 3.58. The second-order valence-corrected chi connectivity index (χ2v) is 11.4. The fraction of sp³-hybridized carbons (Fsp3) is 0.452. The van der Waals surface area contributed by atoms with Crippen LogP contribution in [0.25, 0.3) is 22.1 Å². The van der Waals surface area contributed by atoms with Gasteiger partial charge in [0.1, 0.15) is 11.2 Å². The van der Waals surface area contributed by atoms with Gasteiger partial charge < -0.3 is 19.2 Å². The highest BCUT2D eigenvalue weighted by Gasteiger charge is 2.50. The Kier molecular flexibility index (Phi) is 6.71. The lowest BCUT2D eigenvalue weighted by molar-refractivity contribution is -0.293. The van der Waals surface area contributed by atoms with Crippen LogP contribution in [0.5, 0.6) is 0 Å². The lowest BCUT2D eigenvalue weighted by Gasteiger charge is -2.41. The third-order valence-corrected chi connectivity index (χ3v) is 8.66. The standard InChI is InChI=1S/C31H30F2N2O5/c32-28(33)40-31(18-38-19-31)23-8-6-20(7-9-23)21-4-5-22-15-25(39-24(22)14-21)27(37)35-30(10-2-1-3-11-30)26(36)16-29(17-34)12-13-29/h4-9,14-15,28H,1-3,10-13,16,18-19H2,(H,35,37). The Labute approximate surface area is 230 Å². The van der Waals surface area contributed by atoms with E-state index in [2.05, 4.69) is 11.4 Å². The van der Waals surface area contributed by atoms with Gasteiger partial charge in [-0.3, -0.25) is 9.59 Å². The number of Topliss-reactive ketones (excluding diaryl/α,β-unsaturated/α-hetero) is 1. The highest BCUT2D eigenvalue weighted by atomic mass is 19.3. The molecule has 3 aliphatic rings. The zero-order chi connectivity index (χ0) is 28.0. The molecule has 1 saturated heterocycles. The van der Waals surface area contributed by atoms with Crippen molar-refractivity contribution in [2.24, 2.45) is 5.41 Å². The predicted octanol–water partition coefficient (Wildman–Crippen LogP) is 6.26. The first-order valence-corrected chi connectivity index (χ1v) is 13.7. The van der Waals surface area contributed by atoms with Crippen molar-refractivity contribution in [3.05, 3.63) is 59.9 Å². The van der Waals surface area contributed by atoms with Crippen LogP contribution in [-0.4, -0.2) is 37.1 Å². The van der Waals surface area contributed by atoms with Crippen molar-refractivity contribution in [2.45, 2.75) is 69.1 Å². The van der Waals surface area contributed by atoms with Crippen molar-refractivity contribution in [3.8, 4) is 17.2 Å². The molecule has 1 aromatic heterocycles. The number of rotatable bonds is 9. The smallest absolute Gasteiger partial charge is 0.346 e. The number of furan rings is 1. The maximum atomic E-state index is 13.4. The van der Waals surface area contributed by atoms with Gasteiger partial charge in [0.25, 0.3) is 5.91 Å². The molecule has 2 saturated carbocycles. The maximum absolute atomic E-state index is 13.4. The third-order valence-electron chi connectivity index (χ3n) is 8.66. The molecule has 0 bridgehead atoms. The Morgan fingerprint density at radius 1 is 0.975 bits per heavy atom. The number of ketones is 1. The van der Waals surface area contributed by atoms with Crippen molar-refractivity contribution in [1.29, 1.82) is 5.26 Å². The topological polar surface area (TPSA) is 102 Å². The van der Waals surface area contributed by atoms with Crippen molar-refractivity contribution in [3.63, 3.8) is 0 Å². The summed E-state index contributed by atoms with van der Waals surface area (Å²) in [4.78, 5) is 26.7. The number of fused-ring (bicyclic) bond motifs is 1. The predicted molar refractivity (Wildman–Crippen MR) is 141 cm³/mol. The summed E-state index contributed by atoms with van der Waals surface area (Å²) in [6.45, 7) is -2.74. The molecule has 208 valence electrons. The van der Waals surface area contributed by atoms with E-state index in [0.717, 1.165) is 48.6 Å². The number of amides is 1. The van der Waals surface area contributed by atoms with E-state index >= 15 is 0 Å². The molecule has 6 rings (SSSR count). The largest absolute Gasteiger partial charge is 0.451 e. The fourth-order valence-electron chi connectivity index (χ4n) is 5.91. The average molecular weight is 549 g/mol. The molecule has 1 aliphatic heterocycles. The Morgan fingerprint density at radius 3 is 2.27 bits per heavy atom. The van der Waals surface area contributed by atoms with Gasteiger partial charge >= 0.3 is 6.61 Å². The molecule has 1 N–H and O–H groups in total. The number of hydrogen-bond donors (Lipinski definition) is 1. The Balaban J connectivity index is 1.20. The van der Waals surface area contributed by atoms with Gasteiger partial charge in [0.15, 0.2) is 11.5 Å². The highest BCUT2D eigenvalue weighted by Crippen LogP contribution is 2.49. The minimum atomic E-state index is -2.89. The highest BCUT2D eigenvalue weighted by molar-refractivity contribution is 6.01. The molecule has 0 atom stereocenters. The fourth-order valence-corrected chi connectivity index (χ4v) is 5.91. The number of carbonyl (C=O) groups excluding carboxylic acids is 2. The van der Waals surface area contributed by atoms with Crippen LogP contribution in [0.2, 0.25) is 0 Å². The van der Waals surface area contributed by atoms with E-state index in [9.17, 15) is 23.6 Å². The molecule has 9 heteroatoms. The first-order valence-electron chi connectivity index (χ1n) is 13.7. The quantitative estimate of drug-likeness (QED) is 0.339. The zero-order valence-corrected chi connectivity index (χ0v) is 22.0. The first kappa shape index (κ1) is 26.6. The van der Waals surface area contributed by atoms with Crippen molar-refractivity contribution in [1.82, 2.24) is 5.32 Å². The van der Waals surface area contributed by atoms with Gasteiger partial charge in [-0.15, -0.1) is 0 Å². The monoisotopic (exact) mass is 548 g/mol. The van der Waals surface area contributed by atoms with Crippen molar-refractivity contribution in [2.75, 3.05) is 13.2 Å². The van der Waals surface area contributed by atoms with Gasteiger partial charge in [-0.1, -0.05) is 55.7 Å². The number of carbonyl (C=O) groups is 2. The Bertz CT molecular complexity index is 1480. The van der Waals surface area contributed by atoms with Crippen LogP contribution in [-0.2, 0) is 19.9 Å². The lowest BCUT2D eigenvalue weighted by atomic mass is 9.75. The minimum absolute atomic E-state index is 0.0596. The Morgan fingerprint density at radius 2 is 1.68 bits per heavy atom. The Hall–Kier alpha value is -3.61. The molecule has 0 radical (unpaired) electrons. The molecule has 7 nitrogen and oxygen atoms in total. The molecule has 0 spiro atoms. The van der Waals surface area contributed by atoms with Crippen LogP contribution in [0.3, 0.4) is 0 Å². The van der Waals surface area contributed by atoms with Crippen molar-refractivity contribution >= 4 is 22.7 Å². The lowest BCUT2D eigenvalue weighted by Crippen LogP contribution is -2.56. The van der Waals surface area contributed by atoms with E-state index in [-0.39, 0.29) is 31.2 Å². The van der Waals surface area contributed by atoms with Crippen LogP contribution in [0.1, 0.15) is 67.5 Å². The van der Waals surface area contributed by atoms with Crippen LogP contribution in [0.15, 0.2) is 52.9 Å². The minimum Gasteiger partial charge on any atom is -0.451 e. The summed E-state index contributed by atoms with van der Waals surface area (Å²) in [7, 11) is 0. The van der Waals surface area contributed by atoms with Crippen LogP contribution in [0, 0.1) is 16.7 Å². The van der Waals surface area contributed by atoms with Crippen molar-refractivity contribution < 1.29 is 32.3 Å². The molecule has 0 unspecified atom stereocenters. The van der Waals surface area contributed by atoms with Crippen LogP contribution < -0.4 is 5.32 Å². The van der Waals surface area contributed by atoms with Gasteiger partial charge in [-0.05, 0) is 54.5 Å². The summed E-state index contributed by atoms with van der Waals surface area (Å²) in [5.74, 6) is -0.375. The van der Waals surface area contributed by atoms with E-state index in [1.54, 1.807) is 18.2 Å². The molecule has 3 aromatic rings. The molecule has 2 aliphatic carbocycles. The van der Waals surface area contributed by atoms with E-state index in [0.29, 0.717) is 24.0 Å². The molecular formula is C31H30F2N2O5. The van der Waals surface area contributed by atoms with Gasteiger partial charge in [-0.2, -0.15) is 14.0 Å². The number of alkyl halides is 2. The van der Waals surface area contributed by atoms with E-state index < -0.39 is 29.1 Å².